The van der Waals surface area contributed by atoms with Crippen LogP contribution in [-0.2, 0) is 6.54 Å². The molecule has 1 aromatic carbocycles. The molecule has 1 fully saturated rings. The van der Waals surface area contributed by atoms with Gasteiger partial charge in [-0.3, -0.25) is 9.67 Å². The first-order valence-corrected chi connectivity index (χ1v) is 11.9. The molecule has 1 saturated heterocycles. The number of benzene rings is 1. The highest BCUT2D eigenvalue weighted by atomic mass is 32.2. The molecule has 4 aromatic rings. The number of pyridine rings is 1. The standard InChI is InChI=1S/C24H25N7OS/c1-32-18-4-2-3-16-19(6-9-26-22(16)18)33-21-14-27-20(13-28-21)30-11-7-24(8-12-30)15-31-17(23(24)25)5-10-29-31/h2-6,9-10,13-14,23H,7-8,11-12,15,25H2,1H3/t23-/m1/s1. The topological polar surface area (TPSA) is 95.0 Å². The lowest BCUT2D eigenvalue weighted by molar-refractivity contribution is 0.170. The van der Waals surface area contributed by atoms with E-state index in [1.165, 1.54) is 0 Å². The highest BCUT2D eigenvalue weighted by Crippen LogP contribution is 2.47. The third-order valence-corrected chi connectivity index (χ3v) is 8.01. The van der Waals surface area contributed by atoms with E-state index in [1.54, 1.807) is 25.1 Å². The van der Waals surface area contributed by atoms with Crippen LogP contribution >= 0.6 is 11.8 Å². The molecule has 8 nitrogen and oxygen atoms in total. The Bertz CT molecular complexity index is 1300. The number of anilines is 1. The molecule has 0 aliphatic carbocycles. The van der Waals surface area contributed by atoms with Gasteiger partial charge in [0.1, 0.15) is 22.1 Å². The van der Waals surface area contributed by atoms with E-state index < -0.39 is 0 Å². The molecular weight excluding hydrogens is 434 g/mol. The number of nitrogens with zero attached hydrogens (tertiary/aromatic N) is 6. The van der Waals surface area contributed by atoms with Crippen LogP contribution in [0.1, 0.15) is 24.6 Å². The summed E-state index contributed by atoms with van der Waals surface area (Å²) in [5.74, 6) is 1.68. The third-order valence-electron chi connectivity index (χ3n) is 7.02. The van der Waals surface area contributed by atoms with Gasteiger partial charge in [0.05, 0.1) is 31.2 Å². The first-order chi connectivity index (χ1) is 16.2. The SMILES string of the molecule is COc1cccc2c(Sc3cnc(N4CCC5(CC4)Cn4nccc4[C@H]5N)cn3)ccnc12. The van der Waals surface area contributed by atoms with E-state index in [4.69, 9.17) is 20.4 Å². The fraction of sp³-hybridized carbons (Fsp3) is 0.333. The average molecular weight is 460 g/mol. The van der Waals surface area contributed by atoms with Crippen molar-refractivity contribution < 1.29 is 4.74 Å². The van der Waals surface area contributed by atoms with E-state index in [2.05, 4.69) is 31.8 Å². The molecule has 0 amide bonds. The minimum Gasteiger partial charge on any atom is -0.494 e. The van der Waals surface area contributed by atoms with E-state index in [0.29, 0.717) is 0 Å². The van der Waals surface area contributed by atoms with Gasteiger partial charge in [0.25, 0.3) is 0 Å². The van der Waals surface area contributed by atoms with Crippen molar-refractivity contribution in [1.29, 1.82) is 0 Å². The molecule has 2 aliphatic heterocycles. The fourth-order valence-electron chi connectivity index (χ4n) is 5.12. The zero-order valence-electron chi connectivity index (χ0n) is 18.4. The van der Waals surface area contributed by atoms with Crippen LogP contribution in [-0.4, -0.2) is 44.9 Å². The smallest absolute Gasteiger partial charge is 0.147 e. The number of ether oxygens (including phenoxy) is 1. The number of nitrogens with two attached hydrogens (primary N) is 1. The van der Waals surface area contributed by atoms with E-state index in [0.717, 1.165) is 70.6 Å². The monoisotopic (exact) mass is 459 g/mol. The number of para-hydroxylation sites is 1. The number of rotatable bonds is 4. The van der Waals surface area contributed by atoms with Gasteiger partial charge in [0.2, 0.25) is 0 Å². The lowest BCUT2D eigenvalue weighted by Gasteiger charge is -2.41. The second kappa shape index (κ2) is 8.00. The van der Waals surface area contributed by atoms with Crippen molar-refractivity contribution in [2.24, 2.45) is 11.1 Å². The largest absolute Gasteiger partial charge is 0.494 e. The van der Waals surface area contributed by atoms with Gasteiger partial charge in [-0.25, -0.2) is 9.97 Å². The normalized spacial score (nSPS) is 19.2. The predicted molar refractivity (Wildman–Crippen MR) is 127 cm³/mol. The molecule has 1 spiro atoms. The molecule has 168 valence electrons. The summed E-state index contributed by atoms with van der Waals surface area (Å²) in [7, 11) is 1.66. The molecule has 6 rings (SSSR count). The van der Waals surface area contributed by atoms with Crippen LogP contribution < -0.4 is 15.4 Å². The quantitative estimate of drug-likeness (QED) is 0.494. The zero-order valence-corrected chi connectivity index (χ0v) is 19.2. The number of aromatic nitrogens is 5. The summed E-state index contributed by atoms with van der Waals surface area (Å²) in [5, 5.41) is 6.33. The lowest BCUT2D eigenvalue weighted by Crippen LogP contribution is -2.45. The van der Waals surface area contributed by atoms with Gasteiger partial charge in [-0.05, 0) is 31.0 Å². The predicted octanol–water partition coefficient (Wildman–Crippen LogP) is 3.68. The number of fused-ring (bicyclic) bond motifs is 2. The van der Waals surface area contributed by atoms with Crippen LogP contribution in [0.2, 0.25) is 0 Å². The Morgan fingerprint density at radius 3 is 2.70 bits per heavy atom. The van der Waals surface area contributed by atoms with Crippen molar-refractivity contribution in [2.75, 3.05) is 25.1 Å². The van der Waals surface area contributed by atoms with E-state index in [-0.39, 0.29) is 11.5 Å². The Kier molecular flexibility index (Phi) is 4.95. The van der Waals surface area contributed by atoms with Crippen molar-refractivity contribution in [1.82, 2.24) is 24.7 Å². The Labute approximate surface area is 196 Å². The molecule has 0 saturated carbocycles. The maximum absolute atomic E-state index is 6.61. The first-order valence-electron chi connectivity index (χ1n) is 11.1. The second-order valence-electron chi connectivity index (χ2n) is 8.72. The summed E-state index contributed by atoms with van der Waals surface area (Å²) < 4.78 is 7.53. The van der Waals surface area contributed by atoms with Crippen molar-refractivity contribution in [3.8, 4) is 5.75 Å². The van der Waals surface area contributed by atoms with E-state index in [9.17, 15) is 0 Å². The highest BCUT2D eigenvalue weighted by Gasteiger charge is 2.46. The Balaban J connectivity index is 1.16. The molecule has 0 radical (unpaired) electrons. The van der Waals surface area contributed by atoms with Gasteiger partial charge in [0, 0.05) is 47.7 Å². The van der Waals surface area contributed by atoms with E-state index in [1.807, 2.05) is 36.8 Å². The third kappa shape index (κ3) is 3.43. The Morgan fingerprint density at radius 1 is 1.06 bits per heavy atom. The van der Waals surface area contributed by atoms with Gasteiger partial charge in [-0.1, -0.05) is 23.9 Å². The second-order valence-corrected chi connectivity index (χ2v) is 9.78. The molecular formula is C24H25N7OS. The van der Waals surface area contributed by atoms with Gasteiger partial charge in [0.15, 0.2) is 0 Å². The van der Waals surface area contributed by atoms with Crippen LogP contribution in [0, 0.1) is 5.41 Å². The van der Waals surface area contributed by atoms with Crippen molar-refractivity contribution in [2.45, 2.75) is 35.3 Å². The molecule has 0 bridgehead atoms. The van der Waals surface area contributed by atoms with Crippen molar-refractivity contribution in [3.63, 3.8) is 0 Å². The summed E-state index contributed by atoms with van der Waals surface area (Å²) in [6.07, 6.45) is 9.44. The molecule has 9 heteroatoms. The molecule has 1 atom stereocenters. The summed E-state index contributed by atoms with van der Waals surface area (Å²) in [6.45, 7) is 2.76. The molecule has 5 heterocycles. The number of hydrogen-bond donors (Lipinski definition) is 1. The Hall–Kier alpha value is -3.17. The number of piperidine rings is 1. The first kappa shape index (κ1) is 20.4. The average Bonchev–Trinajstić information content (AvgIpc) is 3.41. The van der Waals surface area contributed by atoms with Crippen LogP contribution in [0.5, 0.6) is 5.75 Å². The minimum absolute atomic E-state index is 0.0563. The zero-order chi connectivity index (χ0) is 22.4. The Morgan fingerprint density at radius 2 is 1.94 bits per heavy atom. The molecule has 2 N–H and O–H groups in total. The summed E-state index contributed by atoms with van der Waals surface area (Å²) >= 11 is 1.59. The molecule has 0 unspecified atom stereocenters. The highest BCUT2D eigenvalue weighted by molar-refractivity contribution is 7.99. The maximum Gasteiger partial charge on any atom is 0.147 e. The van der Waals surface area contributed by atoms with Crippen molar-refractivity contribution in [3.05, 3.63) is 60.8 Å². The van der Waals surface area contributed by atoms with Crippen LogP contribution in [0.3, 0.4) is 0 Å². The minimum atomic E-state index is 0.0563. The summed E-state index contributed by atoms with van der Waals surface area (Å²) in [5.41, 5.74) is 8.73. The van der Waals surface area contributed by atoms with Gasteiger partial charge in [-0.15, -0.1) is 0 Å². The van der Waals surface area contributed by atoms with Crippen LogP contribution in [0.15, 0.2) is 65.0 Å². The lowest BCUT2D eigenvalue weighted by atomic mass is 9.73. The molecule has 2 aliphatic rings. The van der Waals surface area contributed by atoms with Crippen LogP contribution in [0.4, 0.5) is 5.82 Å². The van der Waals surface area contributed by atoms with Gasteiger partial charge >= 0.3 is 0 Å². The van der Waals surface area contributed by atoms with Crippen LogP contribution in [0.25, 0.3) is 10.9 Å². The fourth-order valence-corrected chi connectivity index (χ4v) is 5.95. The molecule has 3 aromatic heterocycles. The van der Waals surface area contributed by atoms with E-state index >= 15 is 0 Å². The van der Waals surface area contributed by atoms with Gasteiger partial charge in [-0.2, -0.15) is 5.10 Å². The summed E-state index contributed by atoms with van der Waals surface area (Å²) in [6, 6.07) is 10.1. The van der Waals surface area contributed by atoms with Gasteiger partial charge < -0.3 is 15.4 Å². The maximum atomic E-state index is 6.61. The number of hydrogen-bond acceptors (Lipinski definition) is 8. The van der Waals surface area contributed by atoms with Crippen molar-refractivity contribution >= 4 is 28.5 Å². The number of methoxy groups -OCH3 is 1. The molecule has 33 heavy (non-hydrogen) atoms. The summed E-state index contributed by atoms with van der Waals surface area (Å²) in [4.78, 5) is 17.3.